The molecule has 2 rings (SSSR count). The molecule has 1 atom stereocenters. The van der Waals surface area contributed by atoms with Crippen LogP contribution in [0.5, 0.6) is 0 Å². The van der Waals surface area contributed by atoms with Gasteiger partial charge < -0.3 is 16.0 Å². The first kappa shape index (κ1) is 15.0. The summed E-state index contributed by atoms with van der Waals surface area (Å²) < 4.78 is 0. The van der Waals surface area contributed by atoms with Gasteiger partial charge in [0.05, 0.1) is 10.6 Å². The van der Waals surface area contributed by atoms with Crippen molar-refractivity contribution in [2.75, 3.05) is 46.0 Å². The lowest BCUT2D eigenvalue weighted by atomic mass is 10.1. The maximum atomic E-state index is 12.1. The third kappa shape index (κ3) is 3.59. The Balaban J connectivity index is 1.96. The van der Waals surface area contributed by atoms with E-state index >= 15 is 0 Å². The number of carbonyl (C=O) groups is 1. The van der Waals surface area contributed by atoms with Crippen LogP contribution in [0.3, 0.4) is 0 Å². The van der Waals surface area contributed by atoms with Crippen molar-refractivity contribution in [1.29, 1.82) is 0 Å². The summed E-state index contributed by atoms with van der Waals surface area (Å²) in [5.74, 6) is 0.0693. The molecule has 2 heterocycles. The molecule has 1 aromatic rings. The SMILES string of the molecule is CN1CCN(C)C(CNC(=O)c2cc(N)ncc2Cl)C1. The molecule has 0 saturated carbocycles. The van der Waals surface area contributed by atoms with Crippen molar-refractivity contribution in [3.63, 3.8) is 0 Å². The molecule has 1 unspecified atom stereocenters. The van der Waals surface area contributed by atoms with Gasteiger partial charge in [-0.05, 0) is 20.2 Å². The third-order valence-electron chi connectivity index (χ3n) is 3.60. The highest BCUT2D eigenvalue weighted by Crippen LogP contribution is 2.16. The average Bonchev–Trinajstić information content (AvgIpc) is 2.42. The molecule has 1 aliphatic heterocycles. The van der Waals surface area contributed by atoms with Crippen LogP contribution in [-0.2, 0) is 0 Å². The van der Waals surface area contributed by atoms with Crippen LogP contribution in [0.4, 0.5) is 5.82 Å². The number of amides is 1. The summed E-state index contributed by atoms with van der Waals surface area (Å²) in [5, 5.41) is 3.22. The van der Waals surface area contributed by atoms with Gasteiger partial charge in [0.1, 0.15) is 5.82 Å². The van der Waals surface area contributed by atoms with Crippen LogP contribution in [0.2, 0.25) is 5.02 Å². The molecule has 1 aliphatic rings. The number of nitrogens with two attached hydrogens (primary N) is 1. The summed E-state index contributed by atoms with van der Waals surface area (Å²) in [4.78, 5) is 20.5. The fourth-order valence-electron chi connectivity index (χ4n) is 2.26. The molecule has 20 heavy (non-hydrogen) atoms. The number of nitrogen functional groups attached to an aromatic ring is 1. The average molecular weight is 298 g/mol. The molecule has 1 amide bonds. The van der Waals surface area contributed by atoms with Gasteiger partial charge in [0, 0.05) is 38.4 Å². The van der Waals surface area contributed by atoms with Crippen molar-refractivity contribution in [3.8, 4) is 0 Å². The fraction of sp³-hybridized carbons (Fsp3) is 0.538. The Morgan fingerprint density at radius 1 is 1.55 bits per heavy atom. The monoisotopic (exact) mass is 297 g/mol. The van der Waals surface area contributed by atoms with Crippen molar-refractivity contribution in [3.05, 3.63) is 22.8 Å². The fourth-order valence-corrected chi connectivity index (χ4v) is 2.45. The molecular weight excluding hydrogens is 278 g/mol. The maximum absolute atomic E-state index is 12.1. The number of nitrogens with one attached hydrogen (secondary N) is 1. The number of likely N-dealkylation sites (N-methyl/N-ethyl adjacent to an activating group) is 2. The summed E-state index contributed by atoms with van der Waals surface area (Å²) in [6.07, 6.45) is 1.40. The number of nitrogens with zero attached hydrogens (tertiary/aromatic N) is 3. The van der Waals surface area contributed by atoms with E-state index in [1.165, 1.54) is 12.3 Å². The van der Waals surface area contributed by atoms with Crippen LogP contribution in [0.1, 0.15) is 10.4 Å². The molecule has 0 spiro atoms. The number of anilines is 1. The van der Waals surface area contributed by atoms with Gasteiger partial charge in [0.25, 0.3) is 5.91 Å². The van der Waals surface area contributed by atoms with E-state index in [1.54, 1.807) is 0 Å². The van der Waals surface area contributed by atoms with Gasteiger partial charge in [-0.25, -0.2) is 4.98 Å². The molecule has 3 N–H and O–H groups in total. The van der Waals surface area contributed by atoms with Gasteiger partial charge in [-0.2, -0.15) is 0 Å². The summed E-state index contributed by atoms with van der Waals surface area (Å²) in [6.45, 7) is 3.56. The van der Waals surface area contributed by atoms with E-state index in [0.717, 1.165) is 19.6 Å². The van der Waals surface area contributed by atoms with E-state index in [9.17, 15) is 4.79 Å². The Morgan fingerprint density at radius 2 is 2.30 bits per heavy atom. The van der Waals surface area contributed by atoms with Crippen molar-refractivity contribution >= 4 is 23.3 Å². The summed E-state index contributed by atoms with van der Waals surface area (Å²) in [5.41, 5.74) is 5.95. The maximum Gasteiger partial charge on any atom is 0.253 e. The number of halogens is 1. The highest BCUT2D eigenvalue weighted by atomic mass is 35.5. The normalized spacial score (nSPS) is 20.9. The molecule has 0 aromatic carbocycles. The van der Waals surface area contributed by atoms with Crippen LogP contribution >= 0.6 is 11.6 Å². The van der Waals surface area contributed by atoms with E-state index in [1.807, 2.05) is 0 Å². The molecule has 0 bridgehead atoms. The lowest BCUT2D eigenvalue weighted by molar-refractivity contribution is 0.0881. The second kappa shape index (κ2) is 6.39. The smallest absolute Gasteiger partial charge is 0.253 e. The Hall–Kier alpha value is -1.37. The first-order valence-corrected chi connectivity index (χ1v) is 6.93. The zero-order valence-electron chi connectivity index (χ0n) is 11.8. The Kier molecular flexibility index (Phi) is 4.80. The highest BCUT2D eigenvalue weighted by molar-refractivity contribution is 6.33. The first-order chi connectivity index (χ1) is 9.47. The summed E-state index contributed by atoms with van der Waals surface area (Å²) >= 11 is 5.97. The number of rotatable bonds is 3. The minimum Gasteiger partial charge on any atom is -0.384 e. The number of aromatic nitrogens is 1. The second-order valence-electron chi connectivity index (χ2n) is 5.20. The standard InChI is InChI=1S/C13H20ClN5O/c1-18-3-4-19(2)9(8-18)6-17-13(20)10-5-12(15)16-7-11(10)14/h5,7,9H,3-4,6,8H2,1-2H3,(H2,15,16)(H,17,20). The van der Waals surface area contributed by atoms with Crippen molar-refractivity contribution < 1.29 is 4.79 Å². The Labute approximate surface area is 123 Å². The molecule has 1 fully saturated rings. The topological polar surface area (TPSA) is 74.5 Å². The third-order valence-corrected chi connectivity index (χ3v) is 3.90. The van der Waals surface area contributed by atoms with Gasteiger partial charge in [-0.3, -0.25) is 9.69 Å². The molecule has 0 aliphatic carbocycles. The molecule has 1 saturated heterocycles. The van der Waals surface area contributed by atoms with Gasteiger partial charge in [-0.15, -0.1) is 0 Å². The van der Waals surface area contributed by atoms with Gasteiger partial charge >= 0.3 is 0 Å². The van der Waals surface area contributed by atoms with Crippen molar-refractivity contribution in [1.82, 2.24) is 20.1 Å². The predicted octanol–water partition coefficient (Wildman–Crippen LogP) is 0.293. The van der Waals surface area contributed by atoms with Crippen LogP contribution in [-0.4, -0.2) is 67.0 Å². The molecule has 1 aromatic heterocycles. The first-order valence-electron chi connectivity index (χ1n) is 6.55. The number of hydrogen-bond donors (Lipinski definition) is 2. The van der Waals surface area contributed by atoms with Gasteiger partial charge in [0.2, 0.25) is 0 Å². The molecular formula is C13H20ClN5O. The highest BCUT2D eigenvalue weighted by Gasteiger charge is 2.23. The Bertz CT molecular complexity index is 496. The molecule has 0 radical (unpaired) electrons. The van der Waals surface area contributed by atoms with Crippen molar-refractivity contribution in [2.45, 2.75) is 6.04 Å². The van der Waals surface area contributed by atoms with Gasteiger partial charge in [-0.1, -0.05) is 11.6 Å². The predicted molar refractivity (Wildman–Crippen MR) is 79.9 cm³/mol. The summed E-state index contributed by atoms with van der Waals surface area (Å²) in [6, 6.07) is 1.80. The van der Waals surface area contributed by atoms with Crippen LogP contribution in [0, 0.1) is 0 Å². The van der Waals surface area contributed by atoms with Crippen LogP contribution in [0.25, 0.3) is 0 Å². The van der Waals surface area contributed by atoms with E-state index < -0.39 is 0 Å². The number of hydrogen-bond acceptors (Lipinski definition) is 5. The lowest BCUT2D eigenvalue weighted by Gasteiger charge is -2.37. The van der Waals surface area contributed by atoms with E-state index in [2.05, 4.69) is 34.2 Å². The minimum atomic E-state index is -0.217. The zero-order valence-corrected chi connectivity index (χ0v) is 12.5. The van der Waals surface area contributed by atoms with Crippen LogP contribution < -0.4 is 11.1 Å². The zero-order chi connectivity index (χ0) is 14.7. The second-order valence-corrected chi connectivity index (χ2v) is 5.60. The quantitative estimate of drug-likeness (QED) is 0.839. The largest absolute Gasteiger partial charge is 0.384 e. The van der Waals surface area contributed by atoms with E-state index in [4.69, 9.17) is 17.3 Å². The van der Waals surface area contributed by atoms with E-state index in [-0.39, 0.29) is 11.7 Å². The van der Waals surface area contributed by atoms with E-state index in [0.29, 0.717) is 23.2 Å². The minimum absolute atomic E-state index is 0.217. The number of pyridine rings is 1. The summed E-state index contributed by atoms with van der Waals surface area (Å²) in [7, 11) is 4.16. The Morgan fingerprint density at radius 3 is 3.05 bits per heavy atom. The molecule has 6 nitrogen and oxygen atoms in total. The lowest BCUT2D eigenvalue weighted by Crippen LogP contribution is -2.54. The molecule has 110 valence electrons. The number of carbonyl (C=O) groups excluding carboxylic acids is 1. The van der Waals surface area contributed by atoms with Crippen molar-refractivity contribution in [2.24, 2.45) is 0 Å². The van der Waals surface area contributed by atoms with Gasteiger partial charge in [0.15, 0.2) is 0 Å². The molecule has 7 heteroatoms. The van der Waals surface area contributed by atoms with Crippen LogP contribution in [0.15, 0.2) is 12.3 Å². The number of piperazine rings is 1.